The van der Waals surface area contributed by atoms with Crippen molar-refractivity contribution in [2.24, 2.45) is 0 Å². The van der Waals surface area contributed by atoms with E-state index < -0.39 is 5.97 Å². The van der Waals surface area contributed by atoms with E-state index in [0.29, 0.717) is 5.69 Å². The Balaban J connectivity index is 2.60. The molecule has 98 valence electrons. The molecule has 0 atom stereocenters. The molecule has 1 amide bonds. The molecule has 3 N–H and O–H groups in total. The van der Waals surface area contributed by atoms with E-state index in [1.54, 1.807) is 18.2 Å². The van der Waals surface area contributed by atoms with E-state index in [0.717, 1.165) is 4.47 Å². The summed E-state index contributed by atoms with van der Waals surface area (Å²) in [6.07, 6.45) is 0. The van der Waals surface area contributed by atoms with Crippen molar-refractivity contribution in [1.29, 1.82) is 0 Å². The number of hydrogen-bond donors (Lipinski definition) is 2. The third-order valence-corrected chi connectivity index (χ3v) is 2.51. The second-order valence-electron chi connectivity index (χ2n) is 4.03. The maximum Gasteiger partial charge on any atom is 0.340 e. The summed E-state index contributed by atoms with van der Waals surface area (Å²) in [6.45, 7) is 3.33. The SMILES string of the molecule is CC(C)NC(=O)COC(=O)c1cc(Br)ccc1N. The van der Waals surface area contributed by atoms with E-state index in [1.165, 1.54) is 0 Å². The molecule has 0 aliphatic heterocycles. The predicted molar refractivity (Wildman–Crippen MR) is 72.1 cm³/mol. The molecule has 0 radical (unpaired) electrons. The van der Waals surface area contributed by atoms with Crippen LogP contribution >= 0.6 is 15.9 Å². The molecule has 18 heavy (non-hydrogen) atoms. The second kappa shape index (κ2) is 6.39. The first-order valence-corrected chi connectivity index (χ1v) is 6.21. The number of esters is 1. The molecule has 1 aromatic rings. The minimum absolute atomic E-state index is 0.00661. The zero-order valence-electron chi connectivity index (χ0n) is 10.2. The summed E-state index contributed by atoms with van der Waals surface area (Å²) in [5.74, 6) is -0.959. The van der Waals surface area contributed by atoms with Gasteiger partial charge in [0.15, 0.2) is 6.61 Å². The van der Waals surface area contributed by atoms with Gasteiger partial charge in [0.25, 0.3) is 5.91 Å². The molecule has 0 spiro atoms. The van der Waals surface area contributed by atoms with Gasteiger partial charge in [-0.2, -0.15) is 0 Å². The van der Waals surface area contributed by atoms with Crippen molar-refractivity contribution >= 4 is 33.5 Å². The van der Waals surface area contributed by atoms with Gasteiger partial charge >= 0.3 is 5.97 Å². The molecule has 0 saturated carbocycles. The number of ether oxygens (including phenoxy) is 1. The third-order valence-electron chi connectivity index (χ3n) is 2.02. The van der Waals surface area contributed by atoms with E-state index in [1.807, 2.05) is 13.8 Å². The predicted octanol–water partition coefficient (Wildman–Crippen LogP) is 1.71. The van der Waals surface area contributed by atoms with Gasteiger partial charge in [-0.3, -0.25) is 4.79 Å². The van der Waals surface area contributed by atoms with Crippen LogP contribution in [0.1, 0.15) is 24.2 Å². The van der Waals surface area contributed by atoms with Gasteiger partial charge in [-0.25, -0.2) is 4.79 Å². The number of nitrogens with two attached hydrogens (primary N) is 1. The van der Waals surface area contributed by atoms with Crippen molar-refractivity contribution in [2.75, 3.05) is 12.3 Å². The summed E-state index contributed by atoms with van der Waals surface area (Å²) in [4.78, 5) is 23.0. The largest absolute Gasteiger partial charge is 0.452 e. The molecule has 1 aromatic carbocycles. The summed E-state index contributed by atoms with van der Waals surface area (Å²) in [6, 6.07) is 4.87. The Hall–Kier alpha value is -1.56. The summed E-state index contributed by atoms with van der Waals surface area (Å²) in [5, 5.41) is 2.62. The Morgan fingerprint density at radius 3 is 2.72 bits per heavy atom. The summed E-state index contributed by atoms with van der Waals surface area (Å²) in [7, 11) is 0. The summed E-state index contributed by atoms with van der Waals surface area (Å²) in [5.41, 5.74) is 6.21. The van der Waals surface area contributed by atoms with Gasteiger partial charge in [0.1, 0.15) is 0 Å². The average Bonchev–Trinajstić information content (AvgIpc) is 2.28. The highest BCUT2D eigenvalue weighted by Gasteiger charge is 2.13. The average molecular weight is 315 g/mol. The first kappa shape index (κ1) is 14.5. The van der Waals surface area contributed by atoms with E-state index in [-0.39, 0.29) is 24.1 Å². The first-order chi connectivity index (χ1) is 8.40. The van der Waals surface area contributed by atoms with Crippen LogP contribution in [0.15, 0.2) is 22.7 Å². The van der Waals surface area contributed by atoms with Crippen LogP contribution in [-0.2, 0) is 9.53 Å². The lowest BCUT2D eigenvalue weighted by atomic mass is 10.2. The van der Waals surface area contributed by atoms with Gasteiger partial charge < -0.3 is 15.8 Å². The van der Waals surface area contributed by atoms with Gasteiger partial charge in [-0.15, -0.1) is 0 Å². The lowest BCUT2D eigenvalue weighted by molar-refractivity contribution is -0.124. The molecule has 0 heterocycles. The number of rotatable bonds is 4. The number of carbonyl (C=O) groups is 2. The molecule has 0 aromatic heterocycles. The maximum atomic E-state index is 11.7. The fraction of sp³-hybridized carbons (Fsp3) is 0.333. The van der Waals surface area contributed by atoms with Crippen molar-refractivity contribution in [3.8, 4) is 0 Å². The molecule has 5 nitrogen and oxygen atoms in total. The number of halogens is 1. The first-order valence-electron chi connectivity index (χ1n) is 5.41. The van der Waals surface area contributed by atoms with Crippen LogP contribution in [0.25, 0.3) is 0 Å². The van der Waals surface area contributed by atoms with Crippen molar-refractivity contribution < 1.29 is 14.3 Å². The zero-order valence-corrected chi connectivity index (χ0v) is 11.8. The fourth-order valence-electron chi connectivity index (χ4n) is 1.28. The number of hydrogen-bond acceptors (Lipinski definition) is 4. The monoisotopic (exact) mass is 314 g/mol. The molecule has 0 unspecified atom stereocenters. The number of benzene rings is 1. The van der Waals surface area contributed by atoms with Crippen LogP contribution in [-0.4, -0.2) is 24.5 Å². The number of amides is 1. The molecule has 0 saturated heterocycles. The van der Waals surface area contributed by atoms with Gasteiger partial charge in [-0.05, 0) is 32.0 Å². The zero-order chi connectivity index (χ0) is 13.7. The van der Waals surface area contributed by atoms with Crippen molar-refractivity contribution in [1.82, 2.24) is 5.32 Å². The van der Waals surface area contributed by atoms with Gasteiger partial charge in [0, 0.05) is 16.2 Å². The van der Waals surface area contributed by atoms with Gasteiger partial charge in [0.05, 0.1) is 5.56 Å². The quantitative estimate of drug-likeness (QED) is 0.655. The number of nitrogens with one attached hydrogen (secondary N) is 1. The molecular weight excluding hydrogens is 300 g/mol. The molecule has 6 heteroatoms. The van der Waals surface area contributed by atoms with Crippen LogP contribution in [0.4, 0.5) is 5.69 Å². The molecule has 0 aliphatic rings. The second-order valence-corrected chi connectivity index (χ2v) is 4.95. The van der Waals surface area contributed by atoms with E-state index in [4.69, 9.17) is 10.5 Å². The number of carbonyl (C=O) groups excluding carboxylic acids is 2. The molecule has 0 bridgehead atoms. The van der Waals surface area contributed by atoms with Crippen molar-refractivity contribution in [2.45, 2.75) is 19.9 Å². The number of nitrogen functional groups attached to an aromatic ring is 1. The van der Waals surface area contributed by atoms with Gasteiger partial charge in [0.2, 0.25) is 0 Å². The van der Waals surface area contributed by atoms with E-state index in [9.17, 15) is 9.59 Å². The fourth-order valence-corrected chi connectivity index (χ4v) is 1.64. The van der Waals surface area contributed by atoms with Crippen molar-refractivity contribution in [3.05, 3.63) is 28.2 Å². The highest BCUT2D eigenvalue weighted by Crippen LogP contribution is 2.19. The maximum absolute atomic E-state index is 11.7. The Morgan fingerprint density at radius 2 is 2.11 bits per heavy atom. The van der Waals surface area contributed by atoms with Crippen molar-refractivity contribution in [3.63, 3.8) is 0 Å². The highest BCUT2D eigenvalue weighted by atomic mass is 79.9. The van der Waals surface area contributed by atoms with Crippen LogP contribution in [0.3, 0.4) is 0 Å². The smallest absolute Gasteiger partial charge is 0.340 e. The van der Waals surface area contributed by atoms with E-state index in [2.05, 4.69) is 21.2 Å². The molecule has 1 rings (SSSR count). The van der Waals surface area contributed by atoms with Crippen LogP contribution < -0.4 is 11.1 Å². The van der Waals surface area contributed by atoms with Crippen LogP contribution in [0, 0.1) is 0 Å². The molecule has 0 aliphatic carbocycles. The topological polar surface area (TPSA) is 81.4 Å². The van der Waals surface area contributed by atoms with Crippen LogP contribution in [0.5, 0.6) is 0 Å². The molecular formula is C12H15BrN2O3. The Morgan fingerprint density at radius 1 is 1.44 bits per heavy atom. The Labute approximate surface area is 114 Å². The summed E-state index contributed by atoms with van der Waals surface area (Å²) >= 11 is 3.23. The Kier molecular flexibility index (Phi) is 5.15. The van der Waals surface area contributed by atoms with E-state index >= 15 is 0 Å². The molecule has 0 fully saturated rings. The lowest BCUT2D eigenvalue weighted by Crippen LogP contribution is -2.34. The van der Waals surface area contributed by atoms with Crippen LogP contribution in [0.2, 0.25) is 0 Å². The Bertz CT molecular complexity index is 461. The normalized spacial score (nSPS) is 10.2. The third kappa shape index (κ3) is 4.37. The standard InChI is InChI=1S/C12H15BrN2O3/c1-7(2)15-11(16)6-18-12(17)9-5-8(13)3-4-10(9)14/h3-5,7H,6,14H2,1-2H3,(H,15,16). The summed E-state index contributed by atoms with van der Waals surface area (Å²) < 4.78 is 5.59. The minimum atomic E-state index is -0.618. The lowest BCUT2D eigenvalue weighted by Gasteiger charge is -2.09. The minimum Gasteiger partial charge on any atom is -0.452 e. The van der Waals surface area contributed by atoms with Gasteiger partial charge in [-0.1, -0.05) is 15.9 Å². The number of anilines is 1. The highest BCUT2D eigenvalue weighted by molar-refractivity contribution is 9.10.